The molecule has 0 bridgehead atoms. The number of ether oxygens (including phenoxy) is 2. The number of H-pyrrole nitrogens is 1. The van der Waals surface area contributed by atoms with Crippen molar-refractivity contribution < 1.29 is 14.3 Å². The van der Waals surface area contributed by atoms with E-state index in [0.717, 1.165) is 5.56 Å². The van der Waals surface area contributed by atoms with Crippen LogP contribution in [0.1, 0.15) is 5.56 Å². The van der Waals surface area contributed by atoms with Crippen LogP contribution in [-0.2, 0) is 11.2 Å². The molecule has 3 rings (SSSR count). The number of aromatic amines is 1. The summed E-state index contributed by atoms with van der Waals surface area (Å²) in [6, 6.07) is 12.9. The maximum absolute atomic E-state index is 12.6. The molecule has 0 aliphatic carbocycles. The highest BCUT2D eigenvalue weighted by Gasteiger charge is 2.16. The van der Waals surface area contributed by atoms with Crippen LogP contribution in [-0.4, -0.2) is 30.1 Å². The van der Waals surface area contributed by atoms with Crippen molar-refractivity contribution in [2.75, 3.05) is 19.5 Å². The summed E-state index contributed by atoms with van der Waals surface area (Å²) in [5.74, 6) is 1.77. The molecule has 0 saturated heterocycles. The molecule has 6 nitrogen and oxygen atoms in total. The number of methoxy groups -OCH3 is 2. The Morgan fingerprint density at radius 3 is 2.44 bits per heavy atom. The summed E-state index contributed by atoms with van der Waals surface area (Å²) in [6.45, 7) is 0. The molecule has 0 unspecified atom stereocenters. The molecule has 0 fully saturated rings. The fraction of sp³-hybridized carbons (Fsp3) is 0.158. The fourth-order valence-electron chi connectivity index (χ4n) is 2.67. The standard InChI is InChI=1S/C19H19N3O3/c1-24-16-8-5-9-17(25-2)14(16)12-18(23)22-15-7-4-3-6-13(15)19-20-10-11-21-19/h3-11H,12H2,1-2H3,(H,20,21)(H,22,23). The number of rotatable bonds is 6. The van der Waals surface area contributed by atoms with Crippen LogP contribution in [0.5, 0.6) is 11.5 Å². The molecule has 1 heterocycles. The third kappa shape index (κ3) is 3.63. The molecule has 3 aromatic rings. The normalized spacial score (nSPS) is 10.3. The number of aromatic nitrogens is 2. The van der Waals surface area contributed by atoms with Crippen molar-refractivity contribution >= 4 is 11.6 Å². The minimum absolute atomic E-state index is 0.139. The van der Waals surface area contributed by atoms with E-state index in [1.165, 1.54) is 0 Å². The molecule has 25 heavy (non-hydrogen) atoms. The number of hydrogen-bond donors (Lipinski definition) is 2. The van der Waals surface area contributed by atoms with E-state index in [1.54, 1.807) is 26.6 Å². The van der Waals surface area contributed by atoms with Gasteiger partial charge in [-0.2, -0.15) is 0 Å². The van der Waals surface area contributed by atoms with E-state index in [2.05, 4.69) is 15.3 Å². The van der Waals surface area contributed by atoms with Crippen LogP contribution in [0.4, 0.5) is 5.69 Å². The summed E-state index contributed by atoms with van der Waals surface area (Å²) < 4.78 is 10.7. The van der Waals surface area contributed by atoms with Gasteiger partial charge >= 0.3 is 0 Å². The van der Waals surface area contributed by atoms with E-state index in [4.69, 9.17) is 9.47 Å². The lowest BCUT2D eigenvalue weighted by molar-refractivity contribution is -0.115. The summed E-state index contributed by atoms with van der Waals surface area (Å²) in [5, 5.41) is 2.94. The summed E-state index contributed by atoms with van der Waals surface area (Å²) in [5.41, 5.74) is 2.23. The molecule has 0 atom stereocenters. The molecule has 0 aliphatic rings. The first-order valence-corrected chi connectivity index (χ1v) is 7.81. The van der Waals surface area contributed by atoms with Crippen molar-refractivity contribution in [3.63, 3.8) is 0 Å². The van der Waals surface area contributed by atoms with Crippen LogP contribution in [0.15, 0.2) is 54.9 Å². The summed E-state index contributed by atoms with van der Waals surface area (Å²) in [7, 11) is 3.14. The predicted octanol–water partition coefficient (Wildman–Crippen LogP) is 3.28. The van der Waals surface area contributed by atoms with E-state index in [-0.39, 0.29) is 12.3 Å². The van der Waals surface area contributed by atoms with Gasteiger partial charge in [-0.25, -0.2) is 4.98 Å². The Bertz CT molecular complexity index is 838. The number of nitrogens with one attached hydrogen (secondary N) is 2. The number of para-hydroxylation sites is 1. The molecule has 0 aliphatic heterocycles. The largest absolute Gasteiger partial charge is 0.496 e. The number of benzene rings is 2. The summed E-state index contributed by atoms with van der Waals surface area (Å²) >= 11 is 0. The van der Waals surface area contributed by atoms with Gasteiger partial charge in [0.15, 0.2) is 0 Å². The highest BCUT2D eigenvalue weighted by molar-refractivity contribution is 5.96. The van der Waals surface area contributed by atoms with Gasteiger partial charge in [0.25, 0.3) is 0 Å². The van der Waals surface area contributed by atoms with Crippen LogP contribution >= 0.6 is 0 Å². The van der Waals surface area contributed by atoms with E-state index in [1.807, 2.05) is 42.5 Å². The number of nitrogens with zero attached hydrogens (tertiary/aromatic N) is 1. The summed E-state index contributed by atoms with van der Waals surface area (Å²) in [6.07, 6.45) is 3.56. The molecule has 0 saturated carbocycles. The maximum Gasteiger partial charge on any atom is 0.229 e. The second-order valence-electron chi connectivity index (χ2n) is 5.35. The van der Waals surface area contributed by atoms with Gasteiger partial charge in [0.1, 0.15) is 17.3 Å². The van der Waals surface area contributed by atoms with Gasteiger partial charge < -0.3 is 19.8 Å². The van der Waals surface area contributed by atoms with Gasteiger partial charge in [0.2, 0.25) is 5.91 Å². The van der Waals surface area contributed by atoms with Gasteiger partial charge in [-0.1, -0.05) is 18.2 Å². The lowest BCUT2D eigenvalue weighted by Gasteiger charge is -2.14. The van der Waals surface area contributed by atoms with Gasteiger partial charge in [0.05, 0.1) is 26.3 Å². The number of hydrogen-bond acceptors (Lipinski definition) is 4. The number of imidazole rings is 1. The first kappa shape index (κ1) is 16.6. The zero-order chi connectivity index (χ0) is 17.6. The second kappa shape index (κ2) is 7.53. The number of carbonyl (C=O) groups excluding carboxylic acids is 1. The van der Waals surface area contributed by atoms with Gasteiger partial charge in [-0.05, 0) is 24.3 Å². The van der Waals surface area contributed by atoms with Crippen molar-refractivity contribution in [3.8, 4) is 22.9 Å². The second-order valence-corrected chi connectivity index (χ2v) is 5.35. The Morgan fingerprint density at radius 2 is 1.80 bits per heavy atom. The van der Waals surface area contributed by atoms with Crippen LogP contribution in [0, 0.1) is 0 Å². The van der Waals surface area contributed by atoms with Gasteiger partial charge in [-0.3, -0.25) is 4.79 Å². The zero-order valence-corrected chi connectivity index (χ0v) is 14.1. The van der Waals surface area contributed by atoms with E-state index in [0.29, 0.717) is 28.6 Å². The minimum atomic E-state index is -0.165. The number of amides is 1. The third-order valence-electron chi connectivity index (χ3n) is 3.82. The van der Waals surface area contributed by atoms with Gasteiger partial charge in [-0.15, -0.1) is 0 Å². The third-order valence-corrected chi connectivity index (χ3v) is 3.82. The molecular formula is C19H19N3O3. The first-order valence-electron chi connectivity index (χ1n) is 7.81. The zero-order valence-electron chi connectivity index (χ0n) is 14.1. The lowest BCUT2D eigenvalue weighted by atomic mass is 10.1. The predicted molar refractivity (Wildman–Crippen MR) is 95.9 cm³/mol. The van der Waals surface area contributed by atoms with E-state index >= 15 is 0 Å². The molecule has 0 spiro atoms. The Hall–Kier alpha value is -3.28. The van der Waals surface area contributed by atoms with Crippen molar-refractivity contribution in [2.45, 2.75) is 6.42 Å². The topological polar surface area (TPSA) is 76.2 Å². The van der Waals surface area contributed by atoms with Crippen molar-refractivity contribution in [1.82, 2.24) is 9.97 Å². The smallest absolute Gasteiger partial charge is 0.229 e. The van der Waals surface area contributed by atoms with E-state index in [9.17, 15) is 4.79 Å². The lowest BCUT2D eigenvalue weighted by Crippen LogP contribution is -2.16. The van der Waals surface area contributed by atoms with Crippen molar-refractivity contribution in [1.29, 1.82) is 0 Å². The molecule has 0 radical (unpaired) electrons. The van der Waals surface area contributed by atoms with Gasteiger partial charge in [0, 0.05) is 23.5 Å². The molecule has 2 aromatic carbocycles. The molecule has 1 aromatic heterocycles. The van der Waals surface area contributed by atoms with Crippen LogP contribution in [0.25, 0.3) is 11.4 Å². The number of anilines is 1. The average molecular weight is 337 g/mol. The highest BCUT2D eigenvalue weighted by atomic mass is 16.5. The van der Waals surface area contributed by atoms with Crippen molar-refractivity contribution in [3.05, 3.63) is 60.4 Å². The molecule has 2 N–H and O–H groups in total. The fourth-order valence-corrected chi connectivity index (χ4v) is 2.67. The molecule has 128 valence electrons. The summed E-state index contributed by atoms with van der Waals surface area (Å²) in [4.78, 5) is 19.9. The number of carbonyl (C=O) groups is 1. The Kier molecular flexibility index (Phi) is 4.99. The van der Waals surface area contributed by atoms with E-state index < -0.39 is 0 Å². The van der Waals surface area contributed by atoms with Crippen molar-refractivity contribution in [2.24, 2.45) is 0 Å². The van der Waals surface area contributed by atoms with Crippen LogP contribution in [0.3, 0.4) is 0 Å². The SMILES string of the molecule is COc1cccc(OC)c1CC(=O)Nc1ccccc1-c1ncc[nH]1. The Balaban J connectivity index is 1.83. The highest BCUT2D eigenvalue weighted by Crippen LogP contribution is 2.30. The molecular weight excluding hydrogens is 318 g/mol. The quantitative estimate of drug-likeness (QED) is 0.724. The maximum atomic E-state index is 12.6. The first-order chi connectivity index (χ1) is 12.2. The Morgan fingerprint density at radius 1 is 1.08 bits per heavy atom. The van der Waals surface area contributed by atoms with Crippen LogP contribution < -0.4 is 14.8 Å². The van der Waals surface area contributed by atoms with Crippen LogP contribution in [0.2, 0.25) is 0 Å². The average Bonchev–Trinajstić information content (AvgIpc) is 3.16. The molecule has 6 heteroatoms. The molecule has 1 amide bonds. The Labute approximate surface area is 145 Å². The monoisotopic (exact) mass is 337 g/mol. The minimum Gasteiger partial charge on any atom is -0.496 e.